The fourth-order valence-corrected chi connectivity index (χ4v) is 2.58. The van der Waals surface area contributed by atoms with E-state index in [2.05, 4.69) is 26.6 Å². The third-order valence-corrected chi connectivity index (χ3v) is 3.51. The molecule has 0 fully saturated rings. The van der Waals surface area contributed by atoms with Crippen molar-refractivity contribution in [3.63, 3.8) is 0 Å². The molecule has 0 saturated heterocycles. The van der Waals surface area contributed by atoms with Gasteiger partial charge in [0.25, 0.3) is 0 Å². The Morgan fingerprint density at radius 1 is 1.05 bits per heavy atom. The van der Waals surface area contributed by atoms with E-state index >= 15 is 0 Å². The Bertz CT molecular complexity index is 619. The molecule has 0 amide bonds. The summed E-state index contributed by atoms with van der Waals surface area (Å²) in [6.07, 6.45) is 0. The summed E-state index contributed by atoms with van der Waals surface area (Å²) in [5.41, 5.74) is 1.56. The largest absolute Gasteiger partial charge is 0.332 e. The molecule has 6 heteroatoms. The highest BCUT2D eigenvalue weighted by molar-refractivity contribution is 9.10. The zero-order valence-corrected chi connectivity index (χ0v) is 13.5. The van der Waals surface area contributed by atoms with Gasteiger partial charge in [0.05, 0.1) is 10.7 Å². The van der Waals surface area contributed by atoms with Gasteiger partial charge in [-0.15, -0.1) is 0 Å². The number of hydrogen-bond donors (Lipinski definition) is 2. The Morgan fingerprint density at radius 2 is 1.84 bits per heavy atom. The first-order chi connectivity index (χ1) is 9.04. The number of hydrogen-bond acceptors (Lipinski definition) is 1. The molecule has 2 nitrogen and oxygen atoms in total. The minimum absolute atomic E-state index is 0.450. The lowest BCUT2D eigenvalue weighted by Gasteiger charge is -2.12. The molecular weight excluding hydrogens is 367 g/mol. The third kappa shape index (κ3) is 4.35. The second-order valence-electron chi connectivity index (χ2n) is 3.71. The van der Waals surface area contributed by atoms with Gasteiger partial charge in [0.15, 0.2) is 5.11 Å². The van der Waals surface area contributed by atoms with Crippen LogP contribution in [0.4, 0.5) is 11.4 Å². The van der Waals surface area contributed by atoms with Gasteiger partial charge in [-0.25, -0.2) is 0 Å². The quantitative estimate of drug-likeness (QED) is 0.671. The highest BCUT2D eigenvalue weighted by Gasteiger charge is 2.04. The van der Waals surface area contributed by atoms with Crippen LogP contribution in [0.15, 0.2) is 46.9 Å². The van der Waals surface area contributed by atoms with Gasteiger partial charge in [-0.3, -0.25) is 0 Å². The predicted molar refractivity (Wildman–Crippen MR) is 90.4 cm³/mol. The molecule has 0 unspecified atom stereocenters. The molecular formula is C13H9BrCl2N2S. The molecule has 0 aliphatic rings. The molecule has 0 heterocycles. The van der Waals surface area contributed by atoms with Crippen molar-refractivity contribution in [1.82, 2.24) is 0 Å². The summed E-state index contributed by atoms with van der Waals surface area (Å²) in [5, 5.41) is 7.75. The summed E-state index contributed by atoms with van der Waals surface area (Å²) in [5.74, 6) is 0. The Balaban J connectivity index is 2.05. The monoisotopic (exact) mass is 374 g/mol. The Labute approximate surface area is 135 Å². The second-order valence-corrected chi connectivity index (χ2v) is 5.88. The van der Waals surface area contributed by atoms with E-state index in [4.69, 9.17) is 35.4 Å². The zero-order chi connectivity index (χ0) is 13.8. The molecule has 2 rings (SSSR count). The van der Waals surface area contributed by atoms with E-state index in [9.17, 15) is 0 Å². The van der Waals surface area contributed by atoms with Gasteiger partial charge in [0.2, 0.25) is 0 Å². The number of benzene rings is 2. The molecule has 0 radical (unpaired) electrons. The van der Waals surface area contributed by atoms with Crippen LogP contribution in [-0.2, 0) is 0 Å². The van der Waals surface area contributed by atoms with Crippen molar-refractivity contribution in [1.29, 1.82) is 0 Å². The fourth-order valence-electron chi connectivity index (χ4n) is 1.44. The molecule has 2 N–H and O–H groups in total. The van der Waals surface area contributed by atoms with Gasteiger partial charge in [0.1, 0.15) is 0 Å². The van der Waals surface area contributed by atoms with Crippen LogP contribution in [0.5, 0.6) is 0 Å². The smallest absolute Gasteiger partial charge is 0.175 e. The second kappa shape index (κ2) is 6.57. The van der Waals surface area contributed by atoms with Crippen molar-refractivity contribution < 1.29 is 0 Å². The molecule has 98 valence electrons. The van der Waals surface area contributed by atoms with Crippen LogP contribution in [-0.4, -0.2) is 5.11 Å². The number of thiocarbonyl (C=S) groups is 1. The van der Waals surface area contributed by atoms with E-state index < -0.39 is 0 Å². The average molecular weight is 376 g/mol. The Hall–Kier alpha value is -0.810. The number of rotatable bonds is 2. The minimum atomic E-state index is 0.450. The van der Waals surface area contributed by atoms with E-state index in [0.717, 1.165) is 15.8 Å². The lowest BCUT2D eigenvalue weighted by atomic mass is 10.3. The predicted octanol–water partition coefficient (Wildman–Crippen LogP) is 5.56. The molecule has 0 spiro atoms. The van der Waals surface area contributed by atoms with Crippen LogP contribution in [0.1, 0.15) is 0 Å². The van der Waals surface area contributed by atoms with Gasteiger partial charge in [0, 0.05) is 15.2 Å². The first kappa shape index (κ1) is 14.6. The normalized spacial score (nSPS) is 10.1. The van der Waals surface area contributed by atoms with Crippen LogP contribution < -0.4 is 10.6 Å². The van der Waals surface area contributed by atoms with Gasteiger partial charge in [-0.2, -0.15) is 0 Å². The average Bonchev–Trinajstić information content (AvgIpc) is 2.33. The Kier molecular flexibility index (Phi) is 5.05. The number of halogens is 3. The maximum Gasteiger partial charge on any atom is 0.175 e. The fraction of sp³-hybridized carbons (Fsp3) is 0. The lowest BCUT2D eigenvalue weighted by molar-refractivity contribution is 1.58. The van der Waals surface area contributed by atoms with Crippen LogP contribution in [0.3, 0.4) is 0 Å². The third-order valence-electron chi connectivity index (χ3n) is 2.26. The topological polar surface area (TPSA) is 24.1 Å². The van der Waals surface area contributed by atoms with Gasteiger partial charge >= 0.3 is 0 Å². The van der Waals surface area contributed by atoms with Gasteiger partial charge in [-0.05, 0) is 48.6 Å². The first-order valence-corrected chi connectivity index (χ1v) is 7.29. The van der Waals surface area contributed by atoms with Crippen LogP contribution in [0.2, 0.25) is 10.0 Å². The van der Waals surface area contributed by atoms with E-state index in [1.807, 2.05) is 24.3 Å². The summed E-state index contributed by atoms with van der Waals surface area (Å²) < 4.78 is 0.914. The first-order valence-electron chi connectivity index (χ1n) is 5.33. The number of anilines is 2. The molecule has 0 atom stereocenters. The molecule has 0 aliphatic carbocycles. The van der Waals surface area contributed by atoms with E-state index in [0.29, 0.717) is 15.2 Å². The lowest BCUT2D eigenvalue weighted by Crippen LogP contribution is -2.19. The summed E-state index contributed by atoms with van der Waals surface area (Å²) in [7, 11) is 0. The zero-order valence-electron chi connectivity index (χ0n) is 9.58. The highest BCUT2D eigenvalue weighted by atomic mass is 79.9. The molecule has 19 heavy (non-hydrogen) atoms. The SMILES string of the molecule is S=C(Nc1cccc(Cl)c1)Nc1ccc(Br)cc1Cl. The summed E-state index contributed by atoms with van der Waals surface area (Å²) in [6, 6.07) is 12.8. The van der Waals surface area contributed by atoms with Crippen molar-refractivity contribution in [2.24, 2.45) is 0 Å². The van der Waals surface area contributed by atoms with Gasteiger partial charge < -0.3 is 10.6 Å². The van der Waals surface area contributed by atoms with Crippen molar-refractivity contribution in [2.45, 2.75) is 0 Å². The maximum absolute atomic E-state index is 6.10. The van der Waals surface area contributed by atoms with Crippen molar-refractivity contribution in [3.05, 3.63) is 57.0 Å². The Morgan fingerprint density at radius 3 is 2.53 bits per heavy atom. The molecule has 0 aromatic heterocycles. The molecule has 0 saturated carbocycles. The van der Waals surface area contributed by atoms with Crippen molar-refractivity contribution in [3.8, 4) is 0 Å². The summed E-state index contributed by atoms with van der Waals surface area (Å²) >= 11 is 20.6. The molecule has 0 bridgehead atoms. The highest BCUT2D eigenvalue weighted by Crippen LogP contribution is 2.25. The summed E-state index contributed by atoms with van der Waals surface area (Å²) in [4.78, 5) is 0. The van der Waals surface area contributed by atoms with Gasteiger partial charge in [-0.1, -0.05) is 45.2 Å². The molecule has 2 aromatic carbocycles. The summed E-state index contributed by atoms with van der Waals surface area (Å²) in [6.45, 7) is 0. The van der Waals surface area contributed by atoms with E-state index in [1.165, 1.54) is 0 Å². The standard InChI is InChI=1S/C13H9BrCl2N2S/c14-8-4-5-12(11(16)6-8)18-13(19)17-10-3-1-2-9(15)7-10/h1-7H,(H2,17,18,19). The van der Waals surface area contributed by atoms with Crippen LogP contribution >= 0.6 is 51.3 Å². The van der Waals surface area contributed by atoms with Crippen LogP contribution in [0.25, 0.3) is 0 Å². The van der Waals surface area contributed by atoms with Crippen molar-refractivity contribution >= 4 is 67.8 Å². The molecule has 0 aliphatic heterocycles. The molecule has 2 aromatic rings. The maximum atomic E-state index is 6.10. The van der Waals surface area contributed by atoms with Crippen molar-refractivity contribution in [2.75, 3.05) is 10.6 Å². The van der Waals surface area contributed by atoms with Crippen LogP contribution in [0, 0.1) is 0 Å². The minimum Gasteiger partial charge on any atom is -0.332 e. The van der Waals surface area contributed by atoms with E-state index in [-0.39, 0.29) is 0 Å². The number of nitrogens with one attached hydrogen (secondary N) is 2. The van der Waals surface area contributed by atoms with E-state index in [1.54, 1.807) is 18.2 Å².